The van der Waals surface area contributed by atoms with Crippen molar-refractivity contribution in [2.45, 2.75) is 121 Å². The molecule has 3 saturated carbocycles. The summed E-state index contributed by atoms with van der Waals surface area (Å²) in [4.78, 5) is 16.2. The van der Waals surface area contributed by atoms with Gasteiger partial charge in [-0.2, -0.15) is 0 Å². The van der Waals surface area contributed by atoms with E-state index in [0.29, 0.717) is 44.2 Å². The van der Waals surface area contributed by atoms with Gasteiger partial charge in [0.15, 0.2) is 0 Å². The highest BCUT2D eigenvalue weighted by molar-refractivity contribution is 5.99. The van der Waals surface area contributed by atoms with Gasteiger partial charge >= 0.3 is 5.97 Å². The lowest BCUT2D eigenvalue weighted by Gasteiger charge is -2.61. The second-order valence-electron chi connectivity index (χ2n) is 14.0. The van der Waals surface area contributed by atoms with Gasteiger partial charge in [-0.05, 0) is 101 Å². The maximum atomic E-state index is 12.5. The highest BCUT2D eigenvalue weighted by Crippen LogP contribution is 2.68. The van der Waals surface area contributed by atoms with Crippen molar-refractivity contribution in [3.05, 3.63) is 11.6 Å². The summed E-state index contributed by atoms with van der Waals surface area (Å²) in [6, 6.07) is 0. The van der Waals surface area contributed by atoms with Gasteiger partial charge in [-0.25, -0.2) is 4.79 Å². The first-order valence-corrected chi connectivity index (χ1v) is 14.2. The van der Waals surface area contributed by atoms with Crippen molar-refractivity contribution in [2.75, 3.05) is 6.61 Å². The Morgan fingerprint density at radius 1 is 1.13 bits per heavy atom. The Hall–Kier alpha value is -1.56. The molecule has 0 spiro atoms. The second-order valence-corrected chi connectivity index (χ2v) is 14.0. The molecular weight excluding hydrogens is 506 g/mol. The Kier molecular flexibility index (Phi) is 7.84. The van der Waals surface area contributed by atoms with Gasteiger partial charge in [-0.15, -0.1) is 0 Å². The Morgan fingerprint density at radius 2 is 1.79 bits per heavy atom. The lowest BCUT2D eigenvalue weighted by Crippen LogP contribution is -2.62. The van der Waals surface area contributed by atoms with Gasteiger partial charge < -0.3 is 40.6 Å². The first-order valence-electron chi connectivity index (χ1n) is 14.2. The third kappa shape index (κ3) is 5.06. The van der Waals surface area contributed by atoms with Crippen LogP contribution in [-0.4, -0.2) is 89.1 Å². The summed E-state index contributed by atoms with van der Waals surface area (Å²) in [7, 11) is 0. The molecule has 39 heavy (non-hydrogen) atoms. The molecule has 10 heteroatoms. The van der Waals surface area contributed by atoms with Crippen LogP contribution in [0.3, 0.4) is 0 Å². The molecule has 0 aromatic rings. The third-order valence-electron chi connectivity index (χ3n) is 10.9. The van der Waals surface area contributed by atoms with Crippen LogP contribution in [0.15, 0.2) is 16.8 Å². The van der Waals surface area contributed by atoms with Gasteiger partial charge in [0.2, 0.25) is 6.61 Å². The summed E-state index contributed by atoms with van der Waals surface area (Å²) < 4.78 is 0. The summed E-state index contributed by atoms with van der Waals surface area (Å²) >= 11 is 0. The Balaban J connectivity index is 1.73. The van der Waals surface area contributed by atoms with Crippen molar-refractivity contribution in [1.82, 2.24) is 0 Å². The predicted molar refractivity (Wildman–Crippen MR) is 143 cm³/mol. The Bertz CT molecular complexity index is 1020. The number of carboxylic acids is 1. The number of oxime groups is 1. The monoisotopic (exact) mass is 553 g/mol. The van der Waals surface area contributed by atoms with Crippen LogP contribution in [0, 0.1) is 28.6 Å². The minimum Gasteiger partial charge on any atom is -0.479 e. The number of carboxylic acid groups (broad SMARTS) is 1. The van der Waals surface area contributed by atoms with E-state index >= 15 is 0 Å². The predicted octanol–water partition coefficient (Wildman–Crippen LogP) is 1.74. The van der Waals surface area contributed by atoms with Crippen molar-refractivity contribution in [3.8, 4) is 0 Å². The van der Waals surface area contributed by atoms with Crippen molar-refractivity contribution in [1.29, 1.82) is 0 Å². The number of aliphatic hydroxyl groups excluding tert-OH is 3. The van der Waals surface area contributed by atoms with E-state index in [1.165, 1.54) is 0 Å². The standard InChI is InChI=1S/C29H47NO9/c1-25(2,36)9-8-23(33)28(5,37)22-7-11-29(38)17-12-19(30-39-15-24(34)35)18-13-20(31)21(32)14-26(18,3)16(17)6-10-27(22,29)4/h12,16,18,20-23,31-33,36-38H,6-11,13-15H2,1-5H3,(H,34,35)/t16-,18+,20+,21-,22-,23+,26+,27+,28+,29+/m0/s1. The molecule has 4 aliphatic carbocycles. The first kappa shape index (κ1) is 30.4. The SMILES string of the molecule is CC(C)(O)CC[C@@H](O)[C@](C)(O)[C@H]1CC[C@@]2(O)C3=CC(=NOCC(=O)O)[C@H]4C[C@@H](O)[C@@H](O)C[C@]4(C)[C@H]3CC[C@]12C. The zero-order valence-electron chi connectivity index (χ0n) is 23.8. The first-order chi connectivity index (χ1) is 17.9. The van der Waals surface area contributed by atoms with Crippen LogP contribution >= 0.6 is 0 Å². The summed E-state index contributed by atoms with van der Waals surface area (Å²) in [6.45, 7) is 8.31. The van der Waals surface area contributed by atoms with Crippen LogP contribution in [0.2, 0.25) is 0 Å². The fourth-order valence-electron chi connectivity index (χ4n) is 8.60. The molecule has 0 aromatic carbocycles. The van der Waals surface area contributed by atoms with Crippen LogP contribution in [0.5, 0.6) is 0 Å². The smallest absolute Gasteiger partial charge is 0.344 e. The molecule has 0 saturated heterocycles. The summed E-state index contributed by atoms with van der Waals surface area (Å²) in [5, 5.41) is 79.8. The lowest BCUT2D eigenvalue weighted by atomic mass is 9.45. The van der Waals surface area contributed by atoms with Gasteiger partial charge in [0.05, 0.1) is 40.8 Å². The van der Waals surface area contributed by atoms with Crippen molar-refractivity contribution < 1.29 is 45.4 Å². The van der Waals surface area contributed by atoms with Crippen LogP contribution in [-0.2, 0) is 9.63 Å². The number of fused-ring (bicyclic) bond motifs is 5. The van der Waals surface area contributed by atoms with Crippen LogP contribution in [0.4, 0.5) is 0 Å². The molecule has 222 valence electrons. The van der Waals surface area contributed by atoms with E-state index in [4.69, 9.17) is 9.94 Å². The van der Waals surface area contributed by atoms with Crippen LogP contribution in [0.1, 0.15) is 86.0 Å². The highest BCUT2D eigenvalue weighted by atomic mass is 16.6. The number of hydrogen-bond donors (Lipinski definition) is 7. The van der Waals surface area contributed by atoms with Gasteiger partial charge in [0.1, 0.15) is 0 Å². The quantitative estimate of drug-likeness (QED) is 0.220. The average Bonchev–Trinajstić information content (AvgIpc) is 3.10. The number of rotatable bonds is 8. The zero-order chi connectivity index (χ0) is 29.2. The zero-order valence-corrected chi connectivity index (χ0v) is 23.8. The number of aliphatic carboxylic acids is 1. The molecule has 0 radical (unpaired) electrons. The second kappa shape index (κ2) is 10.1. The summed E-state index contributed by atoms with van der Waals surface area (Å²) in [5.41, 5.74) is -3.98. The number of hydrogen-bond acceptors (Lipinski definition) is 9. The minimum absolute atomic E-state index is 0.120. The van der Waals surface area contributed by atoms with E-state index in [1.807, 2.05) is 13.8 Å². The van der Waals surface area contributed by atoms with E-state index in [9.17, 15) is 35.4 Å². The molecule has 0 bridgehead atoms. The molecule has 4 aliphatic rings. The van der Waals surface area contributed by atoms with Gasteiger partial charge in [-0.1, -0.05) is 19.0 Å². The van der Waals surface area contributed by atoms with Crippen LogP contribution in [0.25, 0.3) is 0 Å². The summed E-state index contributed by atoms with van der Waals surface area (Å²) in [5.74, 6) is -2.02. The molecule has 0 aromatic heterocycles. The molecular formula is C29H47NO9. The number of carbonyl (C=O) groups is 1. The van der Waals surface area contributed by atoms with E-state index in [2.05, 4.69) is 5.16 Å². The van der Waals surface area contributed by atoms with E-state index in [-0.39, 0.29) is 24.7 Å². The molecule has 0 amide bonds. The maximum Gasteiger partial charge on any atom is 0.344 e. The fraction of sp³-hybridized carbons (Fsp3) is 0.862. The van der Waals surface area contributed by atoms with E-state index in [0.717, 1.165) is 5.57 Å². The number of nitrogens with zero attached hydrogens (tertiary/aromatic N) is 1. The lowest BCUT2D eigenvalue weighted by molar-refractivity contribution is -0.172. The largest absolute Gasteiger partial charge is 0.479 e. The average molecular weight is 554 g/mol. The van der Waals surface area contributed by atoms with Crippen LogP contribution < -0.4 is 0 Å². The van der Waals surface area contributed by atoms with Crippen molar-refractivity contribution in [2.24, 2.45) is 33.7 Å². The van der Waals surface area contributed by atoms with Crippen molar-refractivity contribution >= 4 is 11.7 Å². The maximum absolute atomic E-state index is 12.5. The van der Waals surface area contributed by atoms with Gasteiger partial charge in [0.25, 0.3) is 0 Å². The Morgan fingerprint density at radius 3 is 2.41 bits per heavy atom. The molecule has 3 fully saturated rings. The van der Waals surface area contributed by atoms with E-state index in [1.54, 1.807) is 26.8 Å². The van der Waals surface area contributed by atoms with Gasteiger partial charge in [-0.3, -0.25) is 0 Å². The Labute approximate surface area is 230 Å². The topological polar surface area (TPSA) is 180 Å². The van der Waals surface area contributed by atoms with Gasteiger partial charge in [0, 0.05) is 11.3 Å². The molecule has 4 rings (SSSR count). The van der Waals surface area contributed by atoms with Crippen molar-refractivity contribution in [3.63, 3.8) is 0 Å². The molecule has 0 aliphatic heterocycles. The number of aliphatic hydroxyl groups is 6. The normalized spacial score (nSPS) is 43.5. The molecule has 0 unspecified atom stereocenters. The van der Waals surface area contributed by atoms with E-state index < -0.39 is 64.4 Å². The highest BCUT2D eigenvalue weighted by Gasteiger charge is 2.69. The molecule has 10 atom stereocenters. The minimum atomic E-state index is -1.51. The third-order valence-corrected chi connectivity index (χ3v) is 10.9. The molecule has 7 N–H and O–H groups in total. The fourth-order valence-corrected chi connectivity index (χ4v) is 8.60. The molecule has 10 nitrogen and oxygen atoms in total. The summed E-state index contributed by atoms with van der Waals surface area (Å²) in [6.07, 6.45) is 1.99. The molecule has 0 heterocycles. The number of allylic oxidation sites excluding steroid dienone is 1.